The van der Waals surface area contributed by atoms with Crippen LogP contribution in [0.5, 0.6) is 0 Å². The Hall–Kier alpha value is -2.61. The van der Waals surface area contributed by atoms with Gasteiger partial charge in [-0.05, 0) is 54.4 Å². The Balaban J connectivity index is 1.48. The Morgan fingerprint density at radius 3 is 2.68 bits per heavy atom. The first-order chi connectivity index (χ1) is 13.2. The molecule has 2 aromatic rings. The summed E-state index contributed by atoms with van der Waals surface area (Å²) < 4.78 is 4.94. The van der Waals surface area contributed by atoms with Crippen LogP contribution in [0.2, 0.25) is 0 Å². The van der Waals surface area contributed by atoms with Crippen molar-refractivity contribution in [3.63, 3.8) is 0 Å². The molecule has 0 saturated heterocycles. The number of hydrogen-bond donors (Lipinski definition) is 3. The number of fused-ring (bicyclic) bond motifs is 1. The standard InChI is InChI=1S/C20H25N3O4S/c1-20(2,3)13-6-7-15-12(9-13)10-16(28-15)19(26)23-22-17(24)11-21-18(25)14-5-4-8-27-14/h4-5,8,10,13H,6-7,9,11H2,1-3H3,(H,21,25)(H,22,24)(H,23,26). The maximum atomic E-state index is 12.4. The normalized spacial score (nSPS) is 16.2. The minimum Gasteiger partial charge on any atom is -0.459 e. The maximum Gasteiger partial charge on any atom is 0.287 e. The first kappa shape index (κ1) is 20.1. The first-order valence-electron chi connectivity index (χ1n) is 9.26. The number of furan rings is 1. The second-order valence-corrected chi connectivity index (χ2v) is 9.16. The van der Waals surface area contributed by atoms with Crippen molar-refractivity contribution in [1.82, 2.24) is 16.2 Å². The van der Waals surface area contributed by atoms with Crippen LogP contribution in [0.25, 0.3) is 0 Å². The molecule has 150 valence electrons. The summed E-state index contributed by atoms with van der Waals surface area (Å²) in [5.41, 5.74) is 6.20. The topological polar surface area (TPSA) is 100 Å². The van der Waals surface area contributed by atoms with Gasteiger partial charge >= 0.3 is 0 Å². The first-order valence-corrected chi connectivity index (χ1v) is 10.1. The van der Waals surface area contributed by atoms with E-state index < -0.39 is 11.8 Å². The quantitative estimate of drug-likeness (QED) is 0.683. The lowest BCUT2D eigenvalue weighted by atomic mass is 9.72. The Labute approximate surface area is 167 Å². The number of carbonyl (C=O) groups excluding carboxylic acids is 3. The van der Waals surface area contributed by atoms with Crippen LogP contribution in [0.1, 0.15) is 57.9 Å². The molecule has 28 heavy (non-hydrogen) atoms. The third-order valence-corrected chi connectivity index (χ3v) is 6.24. The molecular formula is C20H25N3O4S. The van der Waals surface area contributed by atoms with Gasteiger partial charge in [-0.1, -0.05) is 20.8 Å². The van der Waals surface area contributed by atoms with Crippen molar-refractivity contribution >= 4 is 29.1 Å². The molecule has 1 aliphatic carbocycles. The molecule has 0 saturated carbocycles. The fourth-order valence-corrected chi connectivity index (χ4v) is 4.37. The van der Waals surface area contributed by atoms with Crippen LogP contribution in [-0.4, -0.2) is 24.3 Å². The van der Waals surface area contributed by atoms with Gasteiger partial charge in [-0.3, -0.25) is 25.2 Å². The third-order valence-electron chi connectivity index (χ3n) is 5.00. The van der Waals surface area contributed by atoms with E-state index in [1.54, 1.807) is 6.07 Å². The van der Waals surface area contributed by atoms with Crippen molar-refractivity contribution in [2.45, 2.75) is 40.0 Å². The van der Waals surface area contributed by atoms with Crippen molar-refractivity contribution < 1.29 is 18.8 Å². The van der Waals surface area contributed by atoms with E-state index in [2.05, 4.69) is 36.9 Å². The SMILES string of the molecule is CC(C)(C)C1CCc2sc(C(=O)NNC(=O)CNC(=O)c3ccco3)cc2C1. The Kier molecular flexibility index (Phi) is 5.88. The molecule has 3 rings (SSSR count). The van der Waals surface area contributed by atoms with Gasteiger partial charge in [0.2, 0.25) is 0 Å². The van der Waals surface area contributed by atoms with Crippen LogP contribution in [0, 0.1) is 11.3 Å². The van der Waals surface area contributed by atoms with E-state index in [1.807, 2.05) is 6.07 Å². The summed E-state index contributed by atoms with van der Waals surface area (Å²) in [5.74, 6) is -0.650. The highest BCUT2D eigenvalue weighted by Gasteiger charge is 2.30. The molecule has 0 aromatic carbocycles. The van der Waals surface area contributed by atoms with Gasteiger partial charge in [0, 0.05) is 4.88 Å². The van der Waals surface area contributed by atoms with E-state index in [0.29, 0.717) is 10.8 Å². The fourth-order valence-electron chi connectivity index (χ4n) is 3.26. The molecule has 2 heterocycles. The molecule has 3 amide bonds. The number of carbonyl (C=O) groups is 3. The molecule has 7 nitrogen and oxygen atoms in total. The largest absolute Gasteiger partial charge is 0.459 e. The Bertz CT molecular complexity index is 865. The maximum absolute atomic E-state index is 12.4. The smallest absolute Gasteiger partial charge is 0.287 e. The van der Waals surface area contributed by atoms with E-state index in [4.69, 9.17) is 4.42 Å². The van der Waals surface area contributed by atoms with Crippen molar-refractivity contribution in [1.29, 1.82) is 0 Å². The molecule has 1 unspecified atom stereocenters. The fraction of sp³-hybridized carbons (Fsp3) is 0.450. The third kappa shape index (κ3) is 4.81. The summed E-state index contributed by atoms with van der Waals surface area (Å²) in [6.07, 6.45) is 4.47. The molecule has 0 aliphatic heterocycles. The summed E-state index contributed by atoms with van der Waals surface area (Å²) >= 11 is 1.48. The summed E-state index contributed by atoms with van der Waals surface area (Å²) in [7, 11) is 0. The van der Waals surface area contributed by atoms with Gasteiger partial charge in [0.15, 0.2) is 5.76 Å². The van der Waals surface area contributed by atoms with Gasteiger partial charge in [-0.15, -0.1) is 11.3 Å². The molecule has 0 spiro atoms. The van der Waals surface area contributed by atoms with E-state index in [9.17, 15) is 14.4 Å². The highest BCUT2D eigenvalue weighted by atomic mass is 32.1. The summed E-state index contributed by atoms with van der Waals surface area (Å²) in [5, 5.41) is 2.41. The van der Waals surface area contributed by atoms with Gasteiger partial charge < -0.3 is 9.73 Å². The predicted octanol–water partition coefficient (Wildman–Crippen LogP) is 2.68. The van der Waals surface area contributed by atoms with Gasteiger partial charge in [0.1, 0.15) is 0 Å². The van der Waals surface area contributed by atoms with Crippen molar-refractivity contribution in [3.8, 4) is 0 Å². The Morgan fingerprint density at radius 1 is 1.21 bits per heavy atom. The van der Waals surface area contributed by atoms with E-state index >= 15 is 0 Å². The lowest BCUT2D eigenvalue weighted by molar-refractivity contribution is -0.120. The second-order valence-electron chi connectivity index (χ2n) is 8.03. The zero-order valence-electron chi connectivity index (χ0n) is 16.3. The minimum absolute atomic E-state index is 0.120. The van der Waals surface area contributed by atoms with Gasteiger partial charge in [0.25, 0.3) is 17.7 Å². The van der Waals surface area contributed by atoms with Crippen molar-refractivity contribution in [2.75, 3.05) is 6.54 Å². The molecule has 3 N–H and O–H groups in total. The van der Waals surface area contributed by atoms with Crippen molar-refractivity contribution in [3.05, 3.63) is 45.5 Å². The van der Waals surface area contributed by atoms with Crippen LogP contribution in [0.3, 0.4) is 0 Å². The number of thiophene rings is 1. The van der Waals surface area contributed by atoms with Crippen LogP contribution >= 0.6 is 11.3 Å². The molecule has 8 heteroatoms. The number of hydrogen-bond acceptors (Lipinski definition) is 5. The summed E-state index contributed by atoms with van der Waals surface area (Å²) in [4.78, 5) is 37.7. The van der Waals surface area contributed by atoms with Gasteiger partial charge in [-0.25, -0.2) is 0 Å². The zero-order chi connectivity index (χ0) is 20.3. The predicted molar refractivity (Wildman–Crippen MR) is 106 cm³/mol. The Morgan fingerprint density at radius 2 is 2.00 bits per heavy atom. The zero-order valence-corrected chi connectivity index (χ0v) is 17.1. The lowest BCUT2D eigenvalue weighted by Crippen LogP contribution is -2.46. The highest BCUT2D eigenvalue weighted by molar-refractivity contribution is 7.14. The van der Waals surface area contributed by atoms with Crippen LogP contribution < -0.4 is 16.2 Å². The van der Waals surface area contributed by atoms with E-state index in [0.717, 1.165) is 19.3 Å². The molecule has 0 bridgehead atoms. The van der Waals surface area contributed by atoms with Crippen molar-refractivity contribution in [2.24, 2.45) is 11.3 Å². The average molecular weight is 404 g/mol. The molecular weight excluding hydrogens is 378 g/mol. The number of nitrogens with one attached hydrogen (secondary N) is 3. The van der Waals surface area contributed by atoms with E-state index in [-0.39, 0.29) is 23.6 Å². The number of rotatable bonds is 4. The van der Waals surface area contributed by atoms with Gasteiger partial charge in [-0.2, -0.15) is 0 Å². The summed E-state index contributed by atoms with van der Waals surface area (Å²) in [6.45, 7) is 6.49. The van der Waals surface area contributed by atoms with Crippen LogP contribution in [-0.2, 0) is 17.6 Å². The van der Waals surface area contributed by atoms with Crippen LogP contribution in [0.4, 0.5) is 0 Å². The molecule has 2 aromatic heterocycles. The number of aryl methyl sites for hydroxylation is 1. The highest BCUT2D eigenvalue weighted by Crippen LogP contribution is 2.40. The molecule has 1 atom stereocenters. The minimum atomic E-state index is -0.526. The lowest BCUT2D eigenvalue weighted by Gasteiger charge is -2.33. The van der Waals surface area contributed by atoms with Gasteiger partial charge in [0.05, 0.1) is 17.7 Å². The van der Waals surface area contributed by atoms with Crippen LogP contribution in [0.15, 0.2) is 28.9 Å². The molecule has 0 radical (unpaired) electrons. The molecule has 1 aliphatic rings. The molecule has 0 fully saturated rings. The van der Waals surface area contributed by atoms with E-state index in [1.165, 1.54) is 34.1 Å². The monoisotopic (exact) mass is 403 g/mol. The number of amides is 3. The average Bonchev–Trinajstić information content (AvgIpc) is 3.32. The summed E-state index contributed by atoms with van der Waals surface area (Å²) in [6, 6.07) is 5.01. The number of hydrazine groups is 1. The second kappa shape index (κ2) is 8.18.